The first-order valence-corrected chi connectivity index (χ1v) is 15.3. The van der Waals surface area contributed by atoms with E-state index in [2.05, 4.69) is 26.1 Å². The SMILES string of the molecule is CC(C)(C)[C@H]1CCc2c(sc(N=Cc3cc([N+](=O)[O-])ccc3Sc3ccc(Cl)cc3)c2C(=O)NCc2ccco2)C1. The molecule has 10 heteroatoms. The van der Waals surface area contributed by atoms with Gasteiger partial charge in [0.2, 0.25) is 0 Å². The lowest BCUT2D eigenvalue weighted by Gasteiger charge is -2.33. The number of nitro groups is 1. The van der Waals surface area contributed by atoms with Crippen LogP contribution in [0.2, 0.25) is 5.02 Å². The quantitative estimate of drug-likeness (QED) is 0.122. The normalized spacial score (nSPS) is 15.2. The van der Waals surface area contributed by atoms with Crippen molar-refractivity contribution in [3.63, 3.8) is 0 Å². The Hall–Kier alpha value is -3.40. The van der Waals surface area contributed by atoms with E-state index < -0.39 is 4.92 Å². The fourth-order valence-electron chi connectivity index (χ4n) is 4.91. The van der Waals surface area contributed by atoms with Gasteiger partial charge in [-0.05, 0) is 78.6 Å². The van der Waals surface area contributed by atoms with Crippen molar-refractivity contribution in [3.8, 4) is 0 Å². The lowest BCUT2D eigenvalue weighted by atomic mass is 9.72. The summed E-state index contributed by atoms with van der Waals surface area (Å²) in [6.45, 7) is 7.05. The van der Waals surface area contributed by atoms with Crippen molar-refractivity contribution in [3.05, 3.63) is 103 Å². The fourth-order valence-corrected chi connectivity index (χ4v) is 7.19. The molecule has 0 radical (unpaired) electrons. The first-order valence-electron chi connectivity index (χ1n) is 13.3. The second-order valence-electron chi connectivity index (χ2n) is 11.0. The van der Waals surface area contributed by atoms with Crippen LogP contribution in [0.3, 0.4) is 0 Å². The van der Waals surface area contributed by atoms with Crippen molar-refractivity contribution in [2.24, 2.45) is 16.3 Å². The zero-order valence-corrected chi connectivity index (χ0v) is 25.4. The molecule has 7 nitrogen and oxygen atoms in total. The van der Waals surface area contributed by atoms with Gasteiger partial charge in [-0.1, -0.05) is 44.1 Å². The van der Waals surface area contributed by atoms with Crippen molar-refractivity contribution < 1.29 is 14.1 Å². The highest BCUT2D eigenvalue weighted by atomic mass is 35.5. The van der Waals surface area contributed by atoms with Crippen LogP contribution in [0.25, 0.3) is 0 Å². The summed E-state index contributed by atoms with van der Waals surface area (Å²) in [5, 5.41) is 15.8. The van der Waals surface area contributed by atoms with Gasteiger partial charge in [0.05, 0.1) is 23.3 Å². The number of hydrogen-bond donors (Lipinski definition) is 1. The van der Waals surface area contributed by atoms with E-state index in [1.807, 2.05) is 18.2 Å². The minimum Gasteiger partial charge on any atom is -0.467 e. The summed E-state index contributed by atoms with van der Waals surface area (Å²) in [5.41, 5.74) is 2.36. The van der Waals surface area contributed by atoms with Crippen LogP contribution in [0.1, 0.15) is 59.3 Å². The molecule has 2 heterocycles. The number of fused-ring (bicyclic) bond motifs is 1. The van der Waals surface area contributed by atoms with Gasteiger partial charge in [-0.3, -0.25) is 14.9 Å². The van der Waals surface area contributed by atoms with Gasteiger partial charge in [0.1, 0.15) is 10.8 Å². The summed E-state index contributed by atoms with van der Waals surface area (Å²) in [6, 6.07) is 15.7. The number of thiophene rings is 1. The molecule has 1 aliphatic rings. The number of non-ortho nitro benzene ring substituents is 1. The molecule has 0 saturated carbocycles. The molecule has 1 N–H and O–H groups in total. The highest BCUT2D eigenvalue weighted by molar-refractivity contribution is 7.99. The van der Waals surface area contributed by atoms with Gasteiger partial charge >= 0.3 is 0 Å². The summed E-state index contributed by atoms with van der Waals surface area (Å²) < 4.78 is 5.39. The first-order chi connectivity index (χ1) is 19.6. The Morgan fingerprint density at radius 1 is 1.24 bits per heavy atom. The van der Waals surface area contributed by atoms with Gasteiger partial charge in [-0.25, -0.2) is 4.99 Å². The summed E-state index contributed by atoms with van der Waals surface area (Å²) in [4.78, 5) is 32.4. The van der Waals surface area contributed by atoms with Crippen molar-refractivity contribution in [1.82, 2.24) is 5.32 Å². The molecule has 2 aromatic carbocycles. The van der Waals surface area contributed by atoms with E-state index in [0.717, 1.165) is 34.6 Å². The van der Waals surface area contributed by atoms with Crippen LogP contribution in [-0.2, 0) is 19.4 Å². The zero-order chi connectivity index (χ0) is 29.1. The summed E-state index contributed by atoms with van der Waals surface area (Å²) >= 11 is 9.05. The van der Waals surface area contributed by atoms with Crippen LogP contribution < -0.4 is 5.32 Å². The van der Waals surface area contributed by atoms with Crippen LogP contribution in [0.5, 0.6) is 0 Å². The average molecular weight is 608 g/mol. The third kappa shape index (κ3) is 6.92. The Morgan fingerprint density at radius 3 is 2.71 bits per heavy atom. The fraction of sp³-hybridized carbons (Fsp3) is 0.290. The molecule has 1 atom stereocenters. The molecule has 1 aliphatic carbocycles. The number of benzene rings is 2. The Balaban J connectivity index is 1.51. The lowest BCUT2D eigenvalue weighted by molar-refractivity contribution is -0.384. The number of amides is 1. The van der Waals surface area contributed by atoms with E-state index >= 15 is 0 Å². The zero-order valence-electron chi connectivity index (χ0n) is 23.0. The van der Waals surface area contributed by atoms with E-state index in [4.69, 9.17) is 21.0 Å². The molecule has 212 valence electrons. The smallest absolute Gasteiger partial charge is 0.270 e. The number of carbonyl (C=O) groups excluding carboxylic acids is 1. The number of rotatable bonds is 8. The van der Waals surface area contributed by atoms with Crippen LogP contribution >= 0.6 is 34.7 Å². The molecule has 0 unspecified atom stereocenters. The molecule has 0 saturated heterocycles. The molecule has 0 fully saturated rings. The first kappa shape index (κ1) is 29.1. The van der Waals surface area contributed by atoms with Gasteiger partial charge in [0.15, 0.2) is 0 Å². The van der Waals surface area contributed by atoms with E-state index in [-0.39, 0.29) is 23.6 Å². The molecule has 0 aliphatic heterocycles. The number of nitrogens with zero attached hydrogens (tertiary/aromatic N) is 2. The third-order valence-electron chi connectivity index (χ3n) is 7.27. The molecule has 0 bridgehead atoms. The van der Waals surface area contributed by atoms with E-state index in [0.29, 0.717) is 32.8 Å². The molecule has 41 heavy (non-hydrogen) atoms. The molecule has 1 amide bonds. The predicted molar refractivity (Wildman–Crippen MR) is 165 cm³/mol. The average Bonchev–Trinajstić information content (AvgIpc) is 3.59. The van der Waals surface area contributed by atoms with Gasteiger partial charge < -0.3 is 9.73 Å². The minimum absolute atomic E-state index is 0.0261. The molecular formula is C31H30ClN3O4S2. The number of furan rings is 1. The number of nitro benzene ring substituents is 1. The summed E-state index contributed by atoms with van der Waals surface area (Å²) in [6.07, 6.45) is 5.91. The second kappa shape index (κ2) is 12.2. The van der Waals surface area contributed by atoms with E-state index in [1.54, 1.807) is 36.7 Å². The number of carbonyl (C=O) groups is 1. The van der Waals surface area contributed by atoms with Crippen molar-refractivity contribution in [2.45, 2.75) is 56.4 Å². The largest absolute Gasteiger partial charge is 0.467 e. The maximum absolute atomic E-state index is 13.5. The number of hydrogen-bond acceptors (Lipinski definition) is 7. The van der Waals surface area contributed by atoms with Crippen molar-refractivity contribution in [2.75, 3.05) is 0 Å². The Kier molecular flexibility index (Phi) is 8.68. The standard InChI is InChI=1S/C31H30ClN3O4S2/c1-31(2,3)20-6-12-25-27(16-20)41-30(28(25)29(36)33-18-23-5-4-14-39-23)34-17-19-15-22(35(37)38)9-13-26(19)40-24-10-7-21(32)8-11-24/h4-5,7-11,13-15,17,20H,6,12,16,18H2,1-3H3,(H,33,36)/t20-/m0/s1. The summed E-state index contributed by atoms with van der Waals surface area (Å²) in [5.74, 6) is 0.972. The molecular weight excluding hydrogens is 578 g/mol. The Labute approximate surface area is 252 Å². The van der Waals surface area contributed by atoms with Gasteiger partial charge in [-0.2, -0.15) is 0 Å². The predicted octanol–water partition coefficient (Wildman–Crippen LogP) is 8.89. The topological polar surface area (TPSA) is 97.7 Å². The van der Waals surface area contributed by atoms with Crippen LogP contribution in [-0.4, -0.2) is 17.0 Å². The Morgan fingerprint density at radius 2 is 2.02 bits per heavy atom. The molecule has 5 rings (SSSR count). The maximum atomic E-state index is 13.5. The number of aliphatic imine (C=N–C) groups is 1. The van der Waals surface area contributed by atoms with Crippen LogP contribution in [0, 0.1) is 21.4 Å². The third-order valence-corrected chi connectivity index (χ3v) is 9.78. The molecule has 2 aromatic heterocycles. The lowest BCUT2D eigenvalue weighted by Crippen LogP contribution is -2.28. The van der Waals surface area contributed by atoms with Crippen LogP contribution in [0.15, 0.2) is 80.1 Å². The maximum Gasteiger partial charge on any atom is 0.270 e. The number of nitrogens with one attached hydrogen (secondary N) is 1. The molecule has 0 spiro atoms. The van der Waals surface area contributed by atoms with Crippen LogP contribution in [0.4, 0.5) is 10.7 Å². The number of halogens is 1. The van der Waals surface area contributed by atoms with Crippen molar-refractivity contribution in [1.29, 1.82) is 0 Å². The molecule has 4 aromatic rings. The summed E-state index contributed by atoms with van der Waals surface area (Å²) in [7, 11) is 0. The van der Waals surface area contributed by atoms with Crippen molar-refractivity contribution >= 4 is 57.5 Å². The van der Waals surface area contributed by atoms with Gasteiger partial charge in [0, 0.05) is 43.6 Å². The van der Waals surface area contributed by atoms with Gasteiger partial charge in [0.25, 0.3) is 11.6 Å². The van der Waals surface area contributed by atoms with E-state index in [9.17, 15) is 14.9 Å². The van der Waals surface area contributed by atoms with Gasteiger partial charge in [-0.15, -0.1) is 11.3 Å². The monoisotopic (exact) mass is 607 g/mol. The second-order valence-corrected chi connectivity index (χ2v) is 13.7. The highest BCUT2D eigenvalue weighted by Crippen LogP contribution is 2.45. The minimum atomic E-state index is -0.419. The Bertz CT molecular complexity index is 1590. The van der Waals surface area contributed by atoms with E-state index in [1.165, 1.54) is 40.1 Å². The highest BCUT2D eigenvalue weighted by Gasteiger charge is 2.33.